The highest BCUT2D eigenvalue weighted by atomic mass is 32.2. The van der Waals surface area contributed by atoms with E-state index in [1.165, 1.54) is 46.2 Å². The highest BCUT2D eigenvalue weighted by Gasteiger charge is 2.54. The van der Waals surface area contributed by atoms with Crippen LogP contribution < -0.4 is 10.1 Å². The predicted molar refractivity (Wildman–Crippen MR) is 206 cm³/mol. The number of nitrogens with zero attached hydrogens (tertiary/aromatic N) is 4. The smallest absolute Gasteiger partial charge is 0.334 e. The summed E-state index contributed by atoms with van der Waals surface area (Å²) in [6.45, 7) is 5.44. The topological polar surface area (TPSA) is 156 Å². The van der Waals surface area contributed by atoms with E-state index in [9.17, 15) is 14.7 Å². The normalized spacial score (nSPS) is 18.3. The van der Waals surface area contributed by atoms with Gasteiger partial charge in [0.1, 0.15) is 23.7 Å². The quantitative estimate of drug-likeness (QED) is 0.161. The Balaban J connectivity index is 1.40. The molecule has 2 aliphatic heterocycles. The lowest BCUT2D eigenvalue weighted by molar-refractivity contribution is -0.189. The predicted octanol–water partition coefficient (Wildman–Crippen LogP) is 4.90. The van der Waals surface area contributed by atoms with Crippen LogP contribution in [0.1, 0.15) is 27.6 Å². The number of ether oxygens (including phenoxy) is 1. The van der Waals surface area contributed by atoms with Gasteiger partial charge in [-0.3, -0.25) is 9.59 Å². The lowest BCUT2D eigenvalue weighted by atomic mass is 9.98. The van der Waals surface area contributed by atoms with Crippen molar-refractivity contribution in [1.29, 1.82) is 0 Å². The number of aromatic nitrogens is 1. The molecule has 55 heavy (non-hydrogen) atoms. The van der Waals surface area contributed by atoms with Crippen molar-refractivity contribution in [3.8, 4) is 11.5 Å². The Morgan fingerprint density at radius 2 is 1.75 bits per heavy atom. The zero-order valence-corrected chi connectivity index (χ0v) is 31.3. The summed E-state index contributed by atoms with van der Waals surface area (Å²) in [5, 5.41) is 14.9. The van der Waals surface area contributed by atoms with Crippen molar-refractivity contribution in [2.75, 3.05) is 26.7 Å². The van der Waals surface area contributed by atoms with E-state index in [1.54, 1.807) is 59.7 Å². The third-order valence-corrected chi connectivity index (χ3v) is 12.1. The Morgan fingerprint density at radius 3 is 2.44 bits per heavy atom. The first-order chi connectivity index (χ1) is 26.5. The summed E-state index contributed by atoms with van der Waals surface area (Å²) >= 11 is 0. The second-order valence-corrected chi connectivity index (χ2v) is 15.7. The number of aryl methyl sites for hydroxylation is 1. The first-order valence-electron chi connectivity index (χ1n) is 17.8. The number of hydrogen-bond donors (Lipinski definition) is 3. The number of amides is 4. The minimum atomic E-state index is -4.39. The number of rotatable bonds is 11. The van der Waals surface area contributed by atoms with Crippen molar-refractivity contribution in [2.24, 2.45) is 0 Å². The van der Waals surface area contributed by atoms with Crippen LogP contribution in [0.15, 0.2) is 121 Å². The third kappa shape index (κ3) is 7.25. The van der Waals surface area contributed by atoms with Crippen molar-refractivity contribution in [3.63, 3.8) is 0 Å². The Bertz CT molecular complexity index is 2330. The highest BCUT2D eigenvalue weighted by molar-refractivity contribution is 7.91. The van der Waals surface area contributed by atoms with Crippen LogP contribution in [0.5, 0.6) is 11.5 Å². The second kappa shape index (κ2) is 15.3. The van der Waals surface area contributed by atoms with E-state index in [1.807, 2.05) is 37.3 Å². The van der Waals surface area contributed by atoms with E-state index >= 15 is 13.2 Å². The van der Waals surface area contributed by atoms with Gasteiger partial charge >= 0.3 is 6.03 Å². The number of aromatic amines is 1. The SMILES string of the molecule is C=CCN1CC(=O)N2C(Cc3ccc(O)cc3)C(=O)N(C(c3c[nH]c4ccc(OC)cc34)S(=O)(=O)c3ccc(C)cc3)C[C@@H]2N1C(=O)NCc1ccccc1. The fourth-order valence-corrected chi connectivity index (χ4v) is 9.22. The van der Waals surface area contributed by atoms with Gasteiger partial charge < -0.3 is 29.9 Å². The average Bonchev–Trinajstić information content (AvgIpc) is 3.59. The minimum Gasteiger partial charge on any atom is -0.508 e. The number of sulfone groups is 1. The van der Waals surface area contributed by atoms with Crippen LogP contribution in [0.2, 0.25) is 0 Å². The molecular formula is C41H42N6O7S. The van der Waals surface area contributed by atoms with Crippen LogP contribution >= 0.6 is 0 Å². The Hall–Kier alpha value is -6.12. The van der Waals surface area contributed by atoms with E-state index in [4.69, 9.17) is 4.74 Å². The van der Waals surface area contributed by atoms with Crippen LogP contribution in [0.4, 0.5) is 4.79 Å². The van der Waals surface area contributed by atoms with Crippen molar-refractivity contribution in [1.82, 2.24) is 30.1 Å². The molecule has 0 spiro atoms. The Labute approximate surface area is 319 Å². The molecule has 2 unspecified atom stereocenters. The van der Waals surface area contributed by atoms with Gasteiger partial charge in [0.15, 0.2) is 5.37 Å². The number of hydrogen-bond acceptors (Lipinski definition) is 8. The van der Waals surface area contributed by atoms with Gasteiger partial charge in [0.05, 0.1) is 25.1 Å². The van der Waals surface area contributed by atoms with Gasteiger partial charge in [-0.25, -0.2) is 23.2 Å². The molecule has 14 heteroatoms. The fourth-order valence-electron chi connectivity index (χ4n) is 7.39. The molecule has 0 radical (unpaired) electrons. The maximum atomic E-state index is 15.2. The zero-order valence-electron chi connectivity index (χ0n) is 30.5. The monoisotopic (exact) mass is 762 g/mol. The Kier molecular flexibility index (Phi) is 10.4. The van der Waals surface area contributed by atoms with Crippen molar-refractivity contribution < 1.29 is 32.6 Å². The van der Waals surface area contributed by atoms with E-state index in [0.29, 0.717) is 27.8 Å². The number of H-pyrrole nitrogens is 1. The molecule has 7 rings (SSSR count). The minimum absolute atomic E-state index is 0.00359. The summed E-state index contributed by atoms with van der Waals surface area (Å²) in [4.78, 5) is 49.5. The molecule has 3 N–H and O–H groups in total. The summed E-state index contributed by atoms with van der Waals surface area (Å²) in [6.07, 6.45) is 2.02. The van der Waals surface area contributed by atoms with E-state index in [0.717, 1.165) is 11.1 Å². The van der Waals surface area contributed by atoms with Gasteiger partial charge in [-0.15, -0.1) is 6.58 Å². The molecule has 4 amide bonds. The maximum Gasteiger partial charge on any atom is 0.334 e. The molecule has 4 aromatic carbocycles. The molecule has 3 heterocycles. The first kappa shape index (κ1) is 37.2. The number of carbonyl (C=O) groups is 3. The first-order valence-corrected chi connectivity index (χ1v) is 19.4. The third-order valence-electron chi connectivity index (χ3n) is 10.1. The molecule has 0 aliphatic carbocycles. The van der Waals surface area contributed by atoms with Gasteiger partial charge in [0.25, 0.3) is 0 Å². The number of phenolic OH excluding ortho intramolecular Hbond substituents is 1. The molecule has 3 atom stereocenters. The fraction of sp³-hybridized carbons (Fsp3) is 0.244. The molecule has 0 saturated carbocycles. The largest absolute Gasteiger partial charge is 0.508 e. The lowest BCUT2D eigenvalue weighted by Crippen LogP contribution is -2.77. The number of nitrogens with one attached hydrogen (secondary N) is 2. The van der Waals surface area contributed by atoms with Crippen LogP contribution in [0.3, 0.4) is 0 Å². The number of phenols is 1. The van der Waals surface area contributed by atoms with Crippen molar-refractivity contribution in [2.45, 2.75) is 42.4 Å². The lowest BCUT2D eigenvalue weighted by Gasteiger charge is -2.55. The molecule has 1 aromatic heterocycles. The molecule has 2 saturated heterocycles. The number of benzene rings is 4. The number of methoxy groups -OCH3 is 1. The molecule has 284 valence electrons. The number of hydrazine groups is 1. The molecular weight excluding hydrogens is 721 g/mol. The number of carbonyl (C=O) groups excluding carboxylic acids is 3. The molecule has 2 aliphatic rings. The van der Waals surface area contributed by atoms with Crippen LogP contribution in [-0.4, -0.2) is 95.1 Å². The summed E-state index contributed by atoms with van der Waals surface area (Å²) in [5.41, 5.74) is 3.24. The van der Waals surface area contributed by atoms with Gasteiger partial charge in [0, 0.05) is 42.2 Å². The second-order valence-electron chi connectivity index (χ2n) is 13.6. The van der Waals surface area contributed by atoms with Gasteiger partial charge in [0.2, 0.25) is 21.7 Å². The number of piperazine rings is 1. The summed E-state index contributed by atoms with van der Waals surface area (Å²) in [5.74, 6) is -0.518. The summed E-state index contributed by atoms with van der Waals surface area (Å²) < 4.78 is 35.7. The number of urea groups is 1. The van der Waals surface area contributed by atoms with Crippen LogP contribution in [0.25, 0.3) is 10.9 Å². The number of fused-ring (bicyclic) bond motifs is 2. The zero-order chi connectivity index (χ0) is 38.9. The number of aromatic hydroxyl groups is 1. The van der Waals surface area contributed by atoms with Crippen LogP contribution in [-0.2, 0) is 32.4 Å². The molecule has 0 bridgehead atoms. The highest BCUT2D eigenvalue weighted by Crippen LogP contribution is 2.41. The molecule has 2 fully saturated rings. The summed E-state index contributed by atoms with van der Waals surface area (Å²) in [7, 11) is -2.88. The van der Waals surface area contributed by atoms with Crippen molar-refractivity contribution in [3.05, 3.63) is 138 Å². The van der Waals surface area contributed by atoms with Gasteiger partial charge in [-0.2, -0.15) is 0 Å². The molecule has 5 aromatic rings. The van der Waals surface area contributed by atoms with E-state index in [-0.39, 0.29) is 43.2 Å². The maximum absolute atomic E-state index is 15.2. The van der Waals surface area contributed by atoms with E-state index < -0.39 is 45.3 Å². The summed E-state index contributed by atoms with van der Waals surface area (Å²) in [6, 6.07) is 25.5. The molecule has 13 nitrogen and oxygen atoms in total. The Morgan fingerprint density at radius 1 is 1.02 bits per heavy atom. The standard InChI is InChI=1S/C41H42N6O7S/c1-4-20-44-26-38(49)46-36(21-28-12-14-30(48)15-13-28)39(50)45(25-37(46)47(44)41(51)43-23-29-8-6-5-7-9-29)40(55(52,53)32-17-10-27(2)11-18-32)34-24-42-35-19-16-31(54-3)22-33(34)35/h4-19,22,24,36-37,40,42,48H,1,20-21,23,25-26H2,2-3H3,(H,43,51)/t36?,37-,40?/m0/s1. The van der Waals surface area contributed by atoms with Gasteiger partial charge in [-0.1, -0.05) is 66.2 Å². The van der Waals surface area contributed by atoms with E-state index in [2.05, 4.69) is 16.9 Å². The van der Waals surface area contributed by atoms with Crippen molar-refractivity contribution >= 4 is 38.6 Å². The van der Waals surface area contributed by atoms with Crippen LogP contribution in [0, 0.1) is 6.92 Å². The van der Waals surface area contributed by atoms with Gasteiger partial charge in [-0.05, 0) is 60.5 Å². The average molecular weight is 763 g/mol.